The van der Waals surface area contributed by atoms with Crippen LogP contribution in [0.4, 0.5) is 14.5 Å². The van der Waals surface area contributed by atoms with Crippen molar-refractivity contribution in [3.05, 3.63) is 64.5 Å². The Morgan fingerprint density at radius 1 is 1.15 bits per heavy atom. The number of rotatable bonds is 2. The highest BCUT2D eigenvalue weighted by atomic mass is 19.2. The lowest BCUT2D eigenvalue weighted by Gasteiger charge is -2.07. The van der Waals surface area contributed by atoms with E-state index in [9.17, 15) is 18.9 Å². The van der Waals surface area contributed by atoms with Gasteiger partial charge >= 0.3 is 0 Å². The number of nitro groups is 1. The number of benzene rings is 2. The molecule has 0 unspecified atom stereocenters. The summed E-state index contributed by atoms with van der Waals surface area (Å²) in [5.74, 6) is -2.43. The fraction of sp³-hybridized carbons (Fsp3) is 0. The number of nitro benzene ring substituents is 1. The summed E-state index contributed by atoms with van der Waals surface area (Å²) in [4.78, 5) is 14.3. The van der Waals surface area contributed by atoms with Crippen molar-refractivity contribution < 1.29 is 13.7 Å². The molecule has 0 saturated heterocycles. The molecule has 0 amide bonds. The van der Waals surface area contributed by atoms with E-state index < -0.39 is 27.9 Å². The predicted molar refractivity (Wildman–Crippen MR) is 67.6 cm³/mol. The molecule has 2 aromatic carbocycles. The van der Waals surface area contributed by atoms with Gasteiger partial charge in [-0.3, -0.25) is 14.7 Å². The number of imidazole rings is 1. The molecule has 1 aromatic heterocycles. The van der Waals surface area contributed by atoms with Crippen molar-refractivity contribution in [3.63, 3.8) is 0 Å². The van der Waals surface area contributed by atoms with Crippen LogP contribution in [0.15, 0.2) is 42.7 Å². The minimum Gasteiger partial charge on any atom is -0.290 e. The van der Waals surface area contributed by atoms with E-state index >= 15 is 0 Å². The van der Waals surface area contributed by atoms with Gasteiger partial charge in [-0.05, 0) is 18.2 Å². The summed E-state index contributed by atoms with van der Waals surface area (Å²) in [5, 5.41) is 11.0. The summed E-state index contributed by atoms with van der Waals surface area (Å²) in [6.45, 7) is 0. The van der Waals surface area contributed by atoms with Crippen molar-refractivity contribution in [2.24, 2.45) is 0 Å². The monoisotopic (exact) mass is 275 g/mol. The van der Waals surface area contributed by atoms with Crippen LogP contribution in [0.5, 0.6) is 0 Å². The first-order chi connectivity index (χ1) is 9.59. The Bertz CT molecular complexity index is 830. The van der Waals surface area contributed by atoms with Crippen LogP contribution in [0, 0.1) is 21.7 Å². The largest absolute Gasteiger partial charge is 0.296 e. The van der Waals surface area contributed by atoms with E-state index in [4.69, 9.17) is 0 Å². The first kappa shape index (κ1) is 12.2. The average Bonchev–Trinajstić information content (AvgIpc) is 2.85. The number of hydrogen-bond acceptors (Lipinski definition) is 3. The molecular formula is C13H7F2N3O2. The lowest BCUT2D eigenvalue weighted by Crippen LogP contribution is -2.04. The molecule has 100 valence electrons. The maximum absolute atomic E-state index is 14.0. The summed E-state index contributed by atoms with van der Waals surface area (Å²) in [6.07, 6.45) is 1.23. The van der Waals surface area contributed by atoms with Crippen LogP contribution in [0.1, 0.15) is 0 Å². The normalized spacial score (nSPS) is 10.9. The van der Waals surface area contributed by atoms with E-state index in [0.29, 0.717) is 11.0 Å². The fourth-order valence-electron chi connectivity index (χ4n) is 2.04. The minimum atomic E-state index is -1.28. The lowest BCUT2D eigenvalue weighted by molar-refractivity contribution is -0.384. The van der Waals surface area contributed by atoms with Crippen LogP contribution in [-0.4, -0.2) is 14.5 Å². The van der Waals surface area contributed by atoms with E-state index in [-0.39, 0.29) is 0 Å². The number of para-hydroxylation sites is 2. The molecule has 0 bridgehead atoms. The second-order valence-electron chi connectivity index (χ2n) is 4.09. The summed E-state index contributed by atoms with van der Waals surface area (Å²) in [5.41, 5.74) is 0.0151. The highest BCUT2D eigenvalue weighted by molar-refractivity contribution is 5.78. The van der Waals surface area contributed by atoms with Gasteiger partial charge in [0.05, 0.1) is 16.0 Å². The molecule has 3 rings (SSSR count). The summed E-state index contributed by atoms with van der Waals surface area (Å²) in [6, 6.07) is 8.38. The van der Waals surface area contributed by atoms with Crippen molar-refractivity contribution in [2.45, 2.75) is 0 Å². The SMILES string of the molecule is O=[N+]([O-])c1ccc(F)c(F)c1-n1cnc2ccccc21. The third-order valence-corrected chi connectivity index (χ3v) is 2.94. The number of nitrogens with zero attached hydrogens (tertiary/aromatic N) is 3. The van der Waals surface area contributed by atoms with Crippen molar-refractivity contribution in [2.75, 3.05) is 0 Å². The topological polar surface area (TPSA) is 61.0 Å². The molecule has 0 atom stereocenters. The Kier molecular flexibility index (Phi) is 2.67. The molecule has 0 fully saturated rings. The maximum Gasteiger partial charge on any atom is 0.296 e. The Labute approximate surface area is 111 Å². The smallest absolute Gasteiger partial charge is 0.290 e. The van der Waals surface area contributed by atoms with Gasteiger partial charge in [0, 0.05) is 6.07 Å². The van der Waals surface area contributed by atoms with Crippen molar-refractivity contribution in [1.29, 1.82) is 0 Å². The maximum atomic E-state index is 14.0. The Morgan fingerprint density at radius 3 is 2.65 bits per heavy atom. The highest BCUT2D eigenvalue weighted by Gasteiger charge is 2.24. The zero-order valence-corrected chi connectivity index (χ0v) is 9.96. The molecule has 1 heterocycles. The molecule has 20 heavy (non-hydrogen) atoms. The third-order valence-electron chi connectivity index (χ3n) is 2.94. The Morgan fingerprint density at radius 2 is 1.90 bits per heavy atom. The van der Waals surface area contributed by atoms with Gasteiger partial charge in [0.1, 0.15) is 6.33 Å². The van der Waals surface area contributed by atoms with Gasteiger partial charge in [-0.25, -0.2) is 13.8 Å². The molecular weight excluding hydrogens is 268 g/mol. The summed E-state index contributed by atoms with van der Waals surface area (Å²) >= 11 is 0. The Balaban J connectivity index is 2.39. The van der Waals surface area contributed by atoms with Crippen molar-refractivity contribution >= 4 is 16.7 Å². The quantitative estimate of drug-likeness (QED) is 0.533. The summed E-state index contributed by atoms with van der Waals surface area (Å²) < 4.78 is 28.5. The number of fused-ring (bicyclic) bond motifs is 1. The second kappa shape index (κ2) is 4.37. The van der Waals surface area contributed by atoms with Gasteiger partial charge in [-0.1, -0.05) is 12.1 Å². The van der Waals surface area contributed by atoms with Crippen LogP contribution in [0.2, 0.25) is 0 Å². The van der Waals surface area contributed by atoms with Gasteiger partial charge in [-0.2, -0.15) is 0 Å². The fourth-order valence-corrected chi connectivity index (χ4v) is 2.04. The first-order valence-electron chi connectivity index (χ1n) is 5.64. The van der Waals surface area contributed by atoms with Crippen LogP contribution in [0.3, 0.4) is 0 Å². The zero-order chi connectivity index (χ0) is 14.3. The van der Waals surface area contributed by atoms with Gasteiger partial charge in [0.2, 0.25) is 0 Å². The van der Waals surface area contributed by atoms with Crippen LogP contribution >= 0.6 is 0 Å². The van der Waals surface area contributed by atoms with Gasteiger partial charge in [0.25, 0.3) is 5.69 Å². The van der Waals surface area contributed by atoms with Crippen molar-refractivity contribution in [3.8, 4) is 5.69 Å². The van der Waals surface area contributed by atoms with E-state index in [1.54, 1.807) is 24.3 Å². The average molecular weight is 275 g/mol. The van der Waals surface area contributed by atoms with Gasteiger partial charge in [0.15, 0.2) is 17.3 Å². The highest BCUT2D eigenvalue weighted by Crippen LogP contribution is 2.30. The molecule has 0 N–H and O–H groups in total. The lowest BCUT2D eigenvalue weighted by atomic mass is 10.2. The minimum absolute atomic E-state index is 0.455. The number of aromatic nitrogens is 2. The number of hydrogen-bond donors (Lipinski definition) is 0. The molecule has 0 spiro atoms. The van der Waals surface area contributed by atoms with E-state index in [1.165, 1.54) is 10.9 Å². The molecule has 0 saturated carbocycles. The molecule has 7 heteroatoms. The van der Waals surface area contributed by atoms with E-state index in [1.807, 2.05) is 0 Å². The van der Waals surface area contributed by atoms with Gasteiger partial charge in [-0.15, -0.1) is 0 Å². The van der Waals surface area contributed by atoms with E-state index in [0.717, 1.165) is 12.1 Å². The number of halogens is 2. The molecule has 0 aliphatic rings. The molecule has 0 aliphatic carbocycles. The van der Waals surface area contributed by atoms with Crippen LogP contribution < -0.4 is 0 Å². The molecule has 0 radical (unpaired) electrons. The molecule has 3 aromatic rings. The standard InChI is InChI=1S/C13H7F2N3O2/c14-8-5-6-11(18(19)20)13(12(8)15)17-7-16-9-3-1-2-4-10(9)17/h1-7H. The van der Waals surface area contributed by atoms with Crippen molar-refractivity contribution in [1.82, 2.24) is 9.55 Å². The molecule has 0 aliphatic heterocycles. The van der Waals surface area contributed by atoms with Crippen LogP contribution in [0.25, 0.3) is 16.7 Å². The third kappa shape index (κ3) is 1.71. The summed E-state index contributed by atoms with van der Waals surface area (Å²) in [7, 11) is 0. The van der Waals surface area contributed by atoms with E-state index in [2.05, 4.69) is 4.98 Å². The molecule has 5 nitrogen and oxygen atoms in total. The van der Waals surface area contributed by atoms with Crippen LogP contribution in [-0.2, 0) is 0 Å². The Hall–Kier alpha value is -2.83. The first-order valence-corrected chi connectivity index (χ1v) is 5.64. The van der Waals surface area contributed by atoms with Gasteiger partial charge < -0.3 is 0 Å². The predicted octanol–water partition coefficient (Wildman–Crippen LogP) is 3.21. The zero-order valence-electron chi connectivity index (χ0n) is 9.96. The second-order valence-corrected chi connectivity index (χ2v) is 4.09.